The third kappa shape index (κ3) is 8.48. The maximum atomic E-state index is 13.3. The Kier molecular flexibility index (Phi) is 10.2. The number of anilines is 1. The molecule has 9 nitrogen and oxygen atoms in total. The smallest absolute Gasteiger partial charge is 0.512 e. The maximum absolute atomic E-state index is 13.3. The lowest BCUT2D eigenvalue weighted by Gasteiger charge is -2.39. The number of rotatable bonds is 10. The van der Waals surface area contributed by atoms with Crippen molar-refractivity contribution in [3.63, 3.8) is 0 Å². The van der Waals surface area contributed by atoms with Crippen LogP contribution in [0, 0.1) is 5.92 Å². The molecule has 2 aliphatic heterocycles. The van der Waals surface area contributed by atoms with Crippen LogP contribution in [0.3, 0.4) is 0 Å². The fraction of sp³-hybridized carbons (Fsp3) is 0.581. The van der Waals surface area contributed by atoms with E-state index in [1.165, 1.54) is 18.0 Å². The lowest BCUT2D eigenvalue weighted by atomic mass is 9.81. The number of nitrogens with one attached hydrogen (secondary N) is 1. The molecule has 2 amide bonds. The summed E-state index contributed by atoms with van der Waals surface area (Å²) in [6.45, 7) is 13.0. The van der Waals surface area contributed by atoms with Gasteiger partial charge in [0, 0.05) is 40.9 Å². The summed E-state index contributed by atoms with van der Waals surface area (Å²) < 4.78 is 41.9. The zero-order chi connectivity index (χ0) is 31.6. The Morgan fingerprint density at radius 1 is 1.02 bits per heavy atom. The van der Waals surface area contributed by atoms with Crippen LogP contribution in [0.1, 0.15) is 73.6 Å². The van der Waals surface area contributed by atoms with Crippen molar-refractivity contribution in [2.45, 2.75) is 105 Å². The average Bonchev–Trinajstić information content (AvgIpc) is 3.12. The van der Waals surface area contributed by atoms with Gasteiger partial charge in [0.25, 0.3) is 0 Å². The molecule has 2 heterocycles. The molecule has 0 spiro atoms. The van der Waals surface area contributed by atoms with Crippen molar-refractivity contribution < 1.29 is 32.3 Å². The maximum Gasteiger partial charge on any atom is 0.714 e. The molecule has 0 atom stereocenters. The second-order valence-electron chi connectivity index (χ2n) is 12.7. The Hall–Kier alpha value is -2.25. The summed E-state index contributed by atoms with van der Waals surface area (Å²) in [6, 6.07) is 11.8. The average molecular weight is 633 g/mol. The summed E-state index contributed by atoms with van der Waals surface area (Å²) in [6.07, 6.45) is 5.11. The van der Waals surface area contributed by atoms with Crippen LogP contribution in [-0.2, 0) is 19.1 Å². The third-order valence-corrected chi connectivity index (χ3v) is 11.0. The van der Waals surface area contributed by atoms with Crippen LogP contribution in [0.4, 0.5) is 10.5 Å². The number of benzene rings is 2. The quantitative estimate of drug-likeness (QED) is 0.290. The minimum absolute atomic E-state index is 0.245. The molecule has 2 aliphatic rings. The fourth-order valence-electron chi connectivity index (χ4n) is 5.26. The largest absolute Gasteiger partial charge is 0.714 e. The number of carbonyl (C=O) groups excluding carboxylic acids is 1. The highest BCUT2D eigenvalue weighted by atomic mass is 32.2. The second-order valence-corrected chi connectivity index (χ2v) is 15.9. The van der Waals surface area contributed by atoms with E-state index in [1.54, 1.807) is 35.2 Å². The number of likely N-dealkylation sites (tertiary alicyclic amines) is 1. The first kappa shape index (κ1) is 33.6. The number of sulfone groups is 1. The first-order chi connectivity index (χ1) is 20.0. The Morgan fingerprint density at radius 2 is 1.60 bits per heavy atom. The van der Waals surface area contributed by atoms with Gasteiger partial charge in [0.1, 0.15) is 5.75 Å². The monoisotopic (exact) mass is 632 g/mol. The minimum atomic E-state index is -3.30. The van der Waals surface area contributed by atoms with Crippen molar-refractivity contribution in [1.29, 1.82) is 0 Å². The lowest BCUT2D eigenvalue weighted by Crippen LogP contribution is -2.48. The van der Waals surface area contributed by atoms with Crippen molar-refractivity contribution in [3.05, 3.63) is 42.5 Å². The molecule has 4 rings (SSSR count). The number of hydrogen-bond donors (Lipinski definition) is 2. The van der Waals surface area contributed by atoms with E-state index < -0.39 is 34.0 Å². The number of nitrogens with zero attached hydrogens (tertiary/aromatic N) is 1. The van der Waals surface area contributed by atoms with Crippen molar-refractivity contribution in [1.82, 2.24) is 4.90 Å². The van der Waals surface area contributed by atoms with Crippen LogP contribution in [0.5, 0.6) is 5.75 Å². The Labute approximate surface area is 261 Å². The molecule has 0 radical (unpaired) electrons. The Morgan fingerprint density at radius 3 is 2.14 bits per heavy atom. The van der Waals surface area contributed by atoms with Crippen molar-refractivity contribution in [3.8, 4) is 5.75 Å². The molecule has 0 bridgehead atoms. The second kappa shape index (κ2) is 13.0. The molecule has 2 aromatic carbocycles. The Balaban J connectivity index is 1.51. The van der Waals surface area contributed by atoms with Crippen LogP contribution in [-0.4, -0.2) is 67.9 Å². The summed E-state index contributed by atoms with van der Waals surface area (Å²) in [7, 11) is -4.24. The van der Waals surface area contributed by atoms with Gasteiger partial charge < -0.3 is 29.3 Å². The lowest BCUT2D eigenvalue weighted by molar-refractivity contribution is -0.0309. The molecule has 2 N–H and O–H groups in total. The van der Waals surface area contributed by atoms with Crippen LogP contribution in [0.15, 0.2) is 57.2 Å². The van der Waals surface area contributed by atoms with Gasteiger partial charge in [-0.2, -0.15) is 0 Å². The van der Waals surface area contributed by atoms with E-state index in [4.69, 9.17) is 14.0 Å². The van der Waals surface area contributed by atoms with Crippen LogP contribution < -0.4 is 9.97 Å². The number of hydrogen-bond acceptors (Lipinski definition) is 8. The van der Waals surface area contributed by atoms with Gasteiger partial charge in [0.2, 0.25) is 0 Å². The Bertz CT molecular complexity index is 1370. The summed E-state index contributed by atoms with van der Waals surface area (Å²) in [5.41, 5.74) is -1.35. The normalized spacial score (nSPS) is 19.5. The molecule has 2 fully saturated rings. The van der Waals surface area contributed by atoms with Gasteiger partial charge in [-0.1, -0.05) is 38.5 Å². The van der Waals surface area contributed by atoms with E-state index in [-0.39, 0.29) is 10.9 Å². The standard InChI is InChI=1S/C31H45BN2O7S2/c1-8-22(9-2)21-31(36)14-16-34(17-15-31)28(35)33-23-18-24(39-32-40-29(3,4)30(5,6)41-32)20-26(19-23)42-25-10-12-27(13-11-25)43(7,37)38/h10-13,18-20,22,36H,8-9,14-17,21H2,1-7H3,(H,33,35). The van der Waals surface area contributed by atoms with Gasteiger partial charge in [0.15, 0.2) is 9.84 Å². The highest BCUT2D eigenvalue weighted by Crippen LogP contribution is 2.39. The number of aliphatic hydroxyl groups is 1. The molecule has 236 valence electrons. The summed E-state index contributed by atoms with van der Waals surface area (Å²) >= 11 is 1.41. The summed E-state index contributed by atoms with van der Waals surface area (Å²) in [5.74, 6) is 0.931. The van der Waals surface area contributed by atoms with Gasteiger partial charge >= 0.3 is 13.4 Å². The predicted octanol–water partition coefficient (Wildman–Crippen LogP) is 6.39. The highest BCUT2D eigenvalue weighted by Gasteiger charge is 2.54. The van der Waals surface area contributed by atoms with Crippen molar-refractivity contribution >= 4 is 40.6 Å². The first-order valence-corrected chi connectivity index (χ1v) is 17.7. The SMILES string of the molecule is CCC(CC)CC1(O)CCN(C(=O)Nc2cc(OB3OC(C)(C)C(C)(C)O3)cc(Sc3ccc(S(C)(=O)=O)cc3)c2)CC1. The molecular weight excluding hydrogens is 587 g/mol. The third-order valence-electron chi connectivity index (χ3n) is 8.89. The van der Waals surface area contributed by atoms with Crippen LogP contribution in [0.25, 0.3) is 0 Å². The molecule has 43 heavy (non-hydrogen) atoms. The van der Waals surface area contributed by atoms with Gasteiger partial charge in [-0.3, -0.25) is 0 Å². The predicted molar refractivity (Wildman–Crippen MR) is 170 cm³/mol. The van der Waals surface area contributed by atoms with Gasteiger partial charge in [-0.15, -0.1) is 0 Å². The first-order valence-electron chi connectivity index (χ1n) is 15.0. The molecule has 2 saturated heterocycles. The molecule has 2 aromatic rings. The van der Waals surface area contributed by atoms with Crippen LogP contribution in [0.2, 0.25) is 0 Å². The topological polar surface area (TPSA) is 114 Å². The molecule has 0 saturated carbocycles. The van der Waals surface area contributed by atoms with E-state index in [2.05, 4.69) is 19.2 Å². The van der Waals surface area contributed by atoms with E-state index in [0.717, 1.165) is 29.1 Å². The zero-order valence-electron chi connectivity index (χ0n) is 26.3. The minimum Gasteiger partial charge on any atom is -0.512 e. The molecule has 12 heteroatoms. The van der Waals surface area contributed by atoms with Crippen molar-refractivity contribution in [2.75, 3.05) is 24.7 Å². The van der Waals surface area contributed by atoms with Crippen molar-refractivity contribution in [2.24, 2.45) is 5.92 Å². The van der Waals surface area contributed by atoms with Crippen LogP contribution >= 0.6 is 11.8 Å². The van der Waals surface area contributed by atoms with E-state index in [1.807, 2.05) is 39.8 Å². The van der Waals surface area contributed by atoms with Gasteiger partial charge in [0.05, 0.1) is 21.7 Å². The molecule has 0 unspecified atom stereocenters. The molecule has 0 aromatic heterocycles. The zero-order valence-corrected chi connectivity index (χ0v) is 27.9. The van der Waals surface area contributed by atoms with E-state index in [9.17, 15) is 18.3 Å². The highest BCUT2D eigenvalue weighted by molar-refractivity contribution is 7.99. The van der Waals surface area contributed by atoms with E-state index in [0.29, 0.717) is 43.3 Å². The van der Waals surface area contributed by atoms with Gasteiger partial charge in [-0.05, 0) is 89.3 Å². The number of carbonyl (C=O) groups is 1. The number of piperidine rings is 1. The number of urea groups is 1. The molecular formula is C31H45BN2O7S2. The summed E-state index contributed by atoms with van der Waals surface area (Å²) in [4.78, 5) is 16.9. The van der Waals surface area contributed by atoms with E-state index >= 15 is 0 Å². The number of amides is 2. The molecule has 0 aliphatic carbocycles. The summed E-state index contributed by atoms with van der Waals surface area (Å²) in [5, 5.41) is 14.1. The fourth-order valence-corrected chi connectivity index (χ4v) is 6.79. The van der Waals surface area contributed by atoms with Gasteiger partial charge in [-0.25, -0.2) is 13.2 Å².